The number of carbonyl (C=O) groups excluding carboxylic acids is 2. The highest BCUT2D eigenvalue weighted by Gasteiger charge is 2.31. The number of urea groups is 1. The highest BCUT2D eigenvalue weighted by atomic mass is 19.4. The lowest BCUT2D eigenvalue weighted by Gasteiger charge is -2.32. The van der Waals surface area contributed by atoms with Crippen LogP contribution in [0, 0.1) is 0 Å². The summed E-state index contributed by atoms with van der Waals surface area (Å²) in [7, 11) is 0. The summed E-state index contributed by atoms with van der Waals surface area (Å²) in [6.45, 7) is 0.683. The van der Waals surface area contributed by atoms with Crippen LogP contribution in [0.3, 0.4) is 0 Å². The lowest BCUT2D eigenvalue weighted by atomic mass is 9.88. The first-order valence-corrected chi connectivity index (χ1v) is 12.8. The van der Waals surface area contributed by atoms with Crippen LogP contribution in [0.25, 0.3) is 22.6 Å². The zero-order chi connectivity index (χ0) is 28.3. The number of fused-ring (bicyclic) bond motifs is 1. The molecular weight excluding hydrogens is 521 g/mol. The van der Waals surface area contributed by atoms with Crippen molar-refractivity contribution in [2.45, 2.75) is 38.0 Å². The molecule has 5 rings (SSSR count). The second kappa shape index (κ2) is 11.3. The van der Waals surface area contributed by atoms with Crippen molar-refractivity contribution in [3.63, 3.8) is 0 Å². The maximum atomic E-state index is 13.4. The number of oxazole rings is 1. The highest BCUT2D eigenvalue weighted by molar-refractivity contribution is 5.79. The summed E-state index contributed by atoms with van der Waals surface area (Å²) in [5.41, 5.74) is 9.36. The summed E-state index contributed by atoms with van der Waals surface area (Å²) >= 11 is 0. The number of primary amides is 1. The SMILES string of the molecule is NC(=O)CC[C@H](NC(=O)N1CCc2c(cc(-c3ncco3)cc2-c2ccc(C(F)(F)F)cc2)C1)c1ccccc1. The number of aromatic nitrogens is 1. The number of benzene rings is 3. The maximum absolute atomic E-state index is 13.4. The van der Waals surface area contributed by atoms with E-state index in [0.717, 1.165) is 34.4 Å². The number of nitrogens with zero attached hydrogens (tertiary/aromatic N) is 2. The van der Waals surface area contributed by atoms with E-state index < -0.39 is 23.7 Å². The predicted octanol–water partition coefficient (Wildman–Crippen LogP) is 6.10. The van der Waals surface area contributed by atoms with Crippen molar-refractivity contribution in [1.29, 1.82) is 0 Å². The van der Waals surface area contributed by atoms with Crippen molar-refractivity contribution in [1.82, 2.24) is 15.2 Å². The van der Waals surface area contributed by atoms with Gasteiger partial charge in [0.2, 0.25) is 11.8 Å². The summed E-state index contributed by atoms with van der Waals surface area (Å²) in [6, 6.07) is 17.5. The number of hydrogen-bond donors (Lipinski definition) is 2. The van der Waals surface area contributed by atoms with Gasteiger partial charge in [-0.1, -0.05) is 42.5 Å². The molecule has 3 N–H and O–H groups in total. The Balaban J connectivity index is 1.44. The van der Waals surface area contributed by atoms with Crippen LogP contribution in [0.15, 0.2) is 83.6 Å². The zero-order valence-electron chi connectivity index (χ0n) is 21.4. The van der Waals surface area contributed by atoms with Gasteiger partial charge in [0.15, 0.2) is 0 Å². The molecule has 0 unspecified atom stereocenters. The summed E-state index contributed by atoms with van der Waals surface area (Å²) in [6.07, 6.45) is -0.478. The Morgan fingerprint density at radius 1 is 1.05 bits per heavy atom. The molecule has 0 radical (unpaired) electrons. The van der Waals surface area contributed by atoms with Crippen LogP contribution in [0.2, 0.25) is 0 Å². The standard InChI is InChI=1S/C30H27F3N4O3/c31-30(32,33)23-8-6-19(7-9-23)25-17-21(28-35-13-15-40-28)16-22-18-37(14-12-24(22)25)29(39)36-26(10-11-27(34)38)20-4-2-1-3-5-20/h1-9,13,15-17,26H,10-12,14,18H2,(H2,34,38)(H,36,39)/t26-/m0/s1. The number of nitrogens with one attached hydrogen (secondary N) is 1. The van der Waals surface area contributed by atoms with Crippen LogP contribution in [-0.4, -0.2) is 28.4 Å². The lowest BCUT2D eigenvalue weighted by molar-refractivity contribution is -0.137. The molecule has 1 atom stereocenters. The maximum Gasteiger partial charge on any atom is 0.416 e. The Kier molecular flexibility index (Phi) is 7.59. The molecule has 2 heterocycles. The molecule has 4 aromatic rings. The Morgan fingerprint density at radius 3 is 2.45 bits per heavy atom. The topological polar surface area (TPSA) is 101 Å². The number of nitrogens with two attached hydrogens (primary N) is 1. The quantitative estimate of drug-likeness (QED) is 0.291. The number of alkyl halides is 3. The van der Waals surface area contributed by atoms with E-state index in [-0.39, 0.29) is 19.0 Å². The molecule has 3 amide bonds. The van der Waals surface area contributed by atoms with E-state index in [1.54, 1.807) is 4.90 Å². The molecule has 1 aromatic heterocycles. The highest BCUT2D eigenvalue weighted by Crippen LogP contribution is 2.37. The lowest BCUT2D eigenvalue weighted by Crippen LogP contribution is -2.44. The van der Waals surface area contributed by atoms with E-state index in [4.69, 9.17) is 10.2 Å². The van der Waals surface area contributed by atoms with Gasteiger partial charge in [0, 0.05) is 25.1 Å². The van der Waals surface area contributed by atoms with E-state index in [0.29, 0.717) is 36.4 Å². The zero-order valence-corrected chi connectivity index (χ0v) is 21.4. The largest absolute Gasteiger partial charge is 0.445 e. The van der Waals surface area contributed by atoms with Crippen LogP contribution < -0.4 is 11.1 Å². The Bertz CT molecular complexity index is 1490. The van der Waals surface area contributed by atoms with Crippen molar-refractivity contribution in [3.05, 3.63) is 101 Å². The minimum atomic E-state index is -4.43. The Hall–Kier alpha value is -4.60. The third-order valence-electron chi connectivity index (χ3n) is 7.00. The molecule has 3 aromatic carbocycles. The van der Waals surface area contributed by atoms with Gasteiger partial charge in [0.1, 0.15) is 6.26 Å². The molecule has 1 aliphatic rings. The normalized spacial score (nSPS) is 13.9. The van der Waals surface area contributed by atoms with Gasteiger partial charge < -0.3 is 20.4 Å². The minimum absolute atomic E-state index is 0.124. The first kappa shape index (κ1) is 27.0. The monoisotopic (exact) mass is 548 g/mol. The van der Waals surface area contributed by atoms with Gasteiger partial charge >= 0.3 is 12.2 Å². The third-order valence-corrected chi connectivity index (χ3v) is 7.00. The molecule has 1 aliphatic heterocycles. The molecule has 206 valence electrons. The molecule has 0 saturated heterocycles. The summed E-state index contributed by atoms with van der Waals surface area (Å²) in [5.74, 6) is -0.0786. The van der Waals surface area contributed by atoms with Gasteiger partial charge in [-0.3, -0.25) is 4.79 Å². The van der Waals surface area contributed by atoms with E-state index in [2.05, 4.69) is 10.3 Å². The molecular formula is C30H27F3N4O3. The average Bonchev–Trinajstić information content (AvgIpc) is 3.49. The number of rotatable bonds is 7. The summed E-state index contributed by atoms with van der Waals surface area (Å²) < 4.78 is 45.0. The fourth-order valence-corrected chi connectivity index (χ4v) is 4.99. The van der Waals surface area contributed by atoms with Crippen molar-refractivity contribution in [3.8, 4) is 22.6 Å². The smallest absolute Gasteiger partial charge is 0.416 e. The summed E-state index contributed by atoms with van der Waals surface area (Å²) in [4.78, 5) is 30.7. The molecule has 40 heavy (non-hydrogen) atoms. The van der Waals surface area contributed by atoms with Crippen molar-refractivity contribution < 1.29 is 27.2 Å². The van der Waals surface area contributed by atoms with E-state index in [9.17, 15) is 22.8 Å². The van der Waals surface area contributed by atoms with Crippen LogP contribution in [0.5, 0.6) is 0 Å². The van der Waals surface area contributed by atoms with Gasteiger partial charge in [0.05, 0.1) is 17.8 Å². The molecule has 0 bridgehead atoms. The summed E-state index contributed by atoms with van der Waals surface area (Å²) in [5, 5.41) is 3.04. The van der Waals surface area contributed by atoms with Gasteiger partial charge in [-0.2, -0.15) is 13.2 Å². The fourth-order valence-electron chi connectivity index (χ4n) is 4.99. The average molecular weight is 549 g/mol. The van der Waals surface area contributed by atoms with Gasteiger partial charge in [-0.25, -0.2) is 9.78 Å². The van der Waals surface area contributed by atoms with Crippen molar-refractivity contribution in [2.75, 3.05) is 6.54 Å². The first-order valence-electron chi connectivity index (χ1n) is 12.8. The van der Waals surface area contributed by atoms with Crippen LogP contribution in [0.1, 0.15) is 41.1 Å². The molecule has 0 saturated carbocycles. The van der Waals surface area contributed by atoms with Gasteiger partial charge in [-0.15, -0.1) is 0 Å². The third kappa shape index (κ3) is 6.01. The van der Waals surface area contributed by atoms with Crippen LogP contribution in [0.4, 0.5) is 18.0 Å². The molecule has 0 fully saturated rings. The molecule has 10 heteroatoms. The van der Waals surface area contributed by atoms with Crippen LogP contribution >= 0.6 is 0 Å². The molecule has 7 nitrogen and oxygen atoms in total. The number of halogens is 3. The number of amides is 3. The first-order chi connectivity index (χ1) is 19.2. The van der Waals surface area contributed by atoms with Gasteiger partial charge in [-0.05, 0) is 64.9 Å². The van der Waals surface area contributed by atoms with Crippen LogP contribution in [-0.2, 0) is 23.9 Å². The Morgan fingerprint density at radius 2 is 1.80 bits per heavy atom. The van der Waals surface area contributed by atoms with E-state index >= 15 is 0 Å². The van der Waals surface area contributed by atoms with Gasteiger partial charge in [0.25, 0.3) is 0 Å². The second-order valence-corrected chi connectivity index (χ2v) is 9.66. The number of carbonyl (C=O) groups is 2. The van der Waals surface area contributed by atoms with E-state index in [1.807, 2.05) is 42.5 Å². The Labute approximate surface area is 228 Å². The molecule has 0 aliphatic carbocycles. The number of hydrogen-bond acceptors (Lipinski definition) is 4. The second-order valence-electron chi connectivity index (χ2n) is 9.66. The fraction of sp³-hybridized carbons (Fsp3) is 0.233. The van der Waals surface area contributed by atoms with Crippen molar-refractivity contribution >= 4 is 11.9 Å². The van der Waals surface area contributed by atoms with E-state index in [1.165, 1.54) is 24.6 Å². The van der Waals surface area contributed by atoms with Crippen molar-refractivity contribution in [2.24, 2.45) is 5.73 Å². The predicted molar refractivity (Wildman–Crippen MR) is 143 cm³/mol. The minimum Gasteiger partial charge on any atom is -0.445 e. The molecule has 0 spiro atoms.